The van der Waals surface area contributed by atoms with Crippen LogP contribution in [0.2, 0.25) is 0 Å². The molecule has 0 aromatic rings. The molecular weight excluding hydrogens is 379 g/mol. The Morgan fingerprint density at radius 1 is 1.12 bits per heavy atom. The highest BCUT2D eigenvalue weighted by Gasteiger charge is 2.42. The summed E-state index contributed by atoms with van der Waals surface area (Å²) >= 11 is 0. The average molecular weight is 399 g/mol. The van der Waals surface area contributed by atoms with E-state index in [9.17, 15) is 35.5 Å². The molecule has 1 aliphatic heterocycles. The maximum Gasteiger partial charge on any atom is 0.490 e. The summed E-state index contributed by atoms with van der Waals surface area (Å²) in [5, 5.41) is 0. The minimum absolute atomic E-state index is 0.0986. The van der Waals surface area contributed by atoms with Crippen LogP contribution in [0.15, 0.2) is 0 Å². The van der Waals surface area contributed by atoms with E-state index in [-0.39, 0.29) is 6.54 Å². The molecule has 5 nitrogen and oxygen atoms in total. The van der Waals surface area contributed by atoms with E-state index >= 15 is 0 Å². The highest BCUT2D eigenvalue weighted by Crippen LogP contribution is 2.26. The van der Waals surface area contributed by atoms with Crippen LogP contribution in [-0.2, 0) is 19.0 Å². The fraction of sp³-hybridized carbons (Fsp3) is 0.929. The molecule has 154 valence electrons. The summed E-state index contributed by atoms with van der Waals surface area (Å²) in [5.41, 5.74) is 0. The molecule has 1 fully saturated rings. The smallest absolute Gasteiger partial charge is 0.452 e. The molecule has 12 heteroatoms. The van der Waals surface area contributed by atoms with Crippen molar-refractivity contribution in [1.29, 1.82) is 0 Å². The number of rotatable bonds is 10. The topological polar surface area (TPSA) is 48.0 Å². The molecule has 1 atom stereocenters. The Balaban J connectivity index is 2.48. The van der Waals surface area contributed by atoms with Gasteiger partial charge in [-0.2, -0.15) is 13.2 Å². The first-order valence-electron chi connectivity index (χ1n) is 7.81. The zero-order valence-corrected chi connectivity index (χ0v) is 13.7. The largest absolute Gasteiger partial charge is 0.490 e. The van der Waals surface area contributed by atoms with E-state index in [1.165, 1.54) is 0 Å². The third-order valence-corrected chi connectivity index (χ3v) is 3.44. The lowest BCUT2D eigenvalue weighted by Gasteiger charge is -2.30. The van der Waals surface area contributed by atoms with Gasteiger partial charge in [0.2, 0.25) is 6.43 Å². The van der Waals surface area contributed by atoms with Crippen LogP contribution in [-0.4, -0.2) is 81.6 Å². The molecule has 0 aromatic carbocycles. The summed E-state index contributed by atoms with van der Waals surface area (Å²) < 4.78 is 101. The van der Waals surface area contributed by atoms with Gasteiger partial charge in [0.25, 0.3) is 5.92 Å². The molecule has 0 aromatic heterocycles. The van der Waals surface area contributed by atoms with E-state index < -0.39 is 56.7 Å². The first-order chi connectivity index (χ1) is 12.0. The zero-order valence-electron chi connectivity index (χ0n) is 13.7. The van der Waals surface area contributed by atoms with Crippen LogP contribution < -0.4 is 0 Å². The lowest BCUT2D eigenvalue weighted by Crippen LogP contribution is -2.45. The van der Waals surface area contributed by atoms with Gasteiger partial charge in [-0.3, -0.25) is 4.90 Å². The summed E-state index contributed by atoms with van der Waals surface area (Å²) in [6.07, 6.45) is -12.4. The van der Waals surface area contributed by atoms with Crippen molar-refractivity contribution in [3.05, 3.63) is 0 Å². The number of halogens is 7. The molecule has 1 heterocycles. The molecule has 1 rings (SSSR count). The Morgan fingerprint density at radius 2 is 1.73 bits per heavy atom. The van der Waals surface area contributed by atoms with E-state index in [4.69, 9.17) is 9.47 Å². The summed E-state index contributed by atoms with van der Waals surface area (Å²) in [6, 6.07) is 0. The Kier molecular flexibility index (Phi) is 9.04. The van der Waals surface area contributed by atoms with E-state index in [0.717, 1.165) is 0 Å². The molecule has 0 spiro atoms. The second kappa shape index (κ2) is 10.3. The molecule has 0 amide bonds. The van der Waals surface area contributed by atoms with Crippen molar-refractivity contribution in [2.24, 2.45) is 0 Å². The molecule has 0 aliphatic carbocycles. The maximum atomic E-state index is 13.1. The summed E-state index contributed by atoms with van der Waals surface area (Å²) in [5.74, 6) is -6.07. The Labute approximate surface area is 145 Å². The summed E-state index contributed by atoms with van der Waals surface area (Å²) in [7, 11) is 0. The van der Waals surface area contributed by atoms with E-state index in [1.807, 2.05) is 0 Å². The molecule has 0 bridgehead atoms. The predicted molar refractivity (Wildman–Crippen MR) is 74.2 cm³/mol. The van der Waals surface area contributed by atoms with Crippen molar-refractivity contribution in [1.82, 2.24) is 4.90 Å². The SMILES string of the molecule is O=C(OC(COCCC(F)(F)CC(F)F)CN1CCOCC1)C(F)(F)F. The van der Waals surface area contributed by atoms with Crippen LogP contribution >= 0.6 is 0 Å². The number of hydrogen-bond acceptors (Lipinski definition) is 5. The third kappa shape index (κ3) is 9.53. The fourth-order valence-corrected chi connectivity index (χ4v) is 2.18. The van der Waals surface area contributed by atoms with E-state index in [2.05, 4.69) is 4.74 Å². The van der Waals surface area contributed by atoms with Crippen LogP contribution in [0.1, 0.15) is 12.8 Å². The number of alkyl halides is 7. The van der Waals surface area contributed by atoms with Gasteiger partial charge in [-0.1, -0.05) is 0 Å². The van der Waals surface area contributed by atoms with Crippen molar-refractivity contribution in [2.75, 3.05) is 46.1 Å². The number of ether oxygens (including phenoxy) is 3. The van der Waals surface area contributed by atoms with Crippen molar-refractivity contribution in [3.8, 4) is 0 Å². The molecule has 0 saturated carbocycles. The van der Waals surface area contributed by atoms with Gasteiger partial charge >= 0.3 is 12.1 Å². The summed E-state index contributed by atoms with van der Waals surface area (Å²) in [4.78, 5) is 12.7. The number of morpholine rings is 1. The van der Waals surface area contributed by atoms with Crippen LogP contribution in [0.5, 0.6) is 0 Å². The van der Waals surface area contributed by atoms with E-state index in [1.54, 1.807) is 4.90 Å². The molecule has 0 radical (unpaired) electrons. The first kappa shape index (κ1) is 22.9. The highest BCUT2D eigenvalue weighted by atomic mass is 19.4. The fourth-order valence-electron chi connectivity index (χ4n) is 2.18. The molecule has 1 unspecified atom stereocenters. The molecule has 1 saturated heterocycles. The Bertz CT molecular complexity index is 428. The standard InChI is InChI=1S/C14H20F7NO4/c15-11(16)7-13(17,18)1-4-25-9-10(26-12(23)14(19,20)21)8-22-2-5-24-6-3-22/h10-11H,1-9H2. The van der Waals surface area contributed by atoms with E-state index in [0.29, 0.717) is 26.3 Å². The number of hydrogen-bond donors (Lipinski definition) is 0. The van der Waals surface area contributed by atoms with Crippen LogP contribution in [0, 0.1) is 0 Å². The molecular formula is C14H20F7NO4. The number of carbonyl (C=O) groups is 1. The van der Waals surface area contributed by atoms with Gasteiger partial charge in [-0.15, -0.1) is 0 Å². The highest BCUT2D eigenvalue weighted by molar-refractivity contribution is 5.75. The first-order valence-corrected chi connectivity index (χ1v) is 7.81. The maximum absolute atomic E-state index is 13.1. The van der Waals surface area contributed by atoms with Crippen LogP contribution in [0.25, 0.3) is 0 Å². The lowest BCUT2D eigenvalue weighted by atomic mass is 10.2. The number of nitrogens with zero attached hydrogens (tertiary/aromatic N) is 1. The monoisotopic (exact) mass is 399 g/mol. The average Bonchev–Trinajstić information content (AvgIpc) is 2.50. The van der Waals surface area contributed by atoms with Gasteiger partial charge in [0.15, 0.2) is 0 Å². The van der Waals surface area contributed by atoms with Gasteiger partial charge in [-0.05, 0) is 0 Å². The van der Waals surface area contributed by atoms with Crippen LogP contribution in [0.4, 0.5) is 30.7 Å². The summed E-state index contributed by atoms with van der Waals surface area (Å²) in [6.45, 7) is 0.159. The lowest BCUT2D eigenvalue weighted by molar-refractivity contribution is -0.208. The Hall–Kier alpha value is -1.14. The van der Waals surface area contributed by atoms with Gasteiger partial charge in [0.05, 0.1) is 32.8 Å². The van der Waals surface area contributed by atoms with Gasteiger partial charge in [0, 0.05) is 26.1 Å². The minimum atomic E-state index is -5.20. The zero-order chi connectivity index (χ0) is 19.8. The predicted octanol–water partition coefficient (Wildman–Crippen LogP) is 2.49. The minimum Gasteiger partial charge on any atom is -0.452 e. The molecule has 1 aliphatic rings. The van der Waals surface area contributed by atoms with Crippen molar-refractivity contribution in [3.63, 3.8) is 0 Å². The third-order valence-electron chi connectivity index (χ3n) is 3.44. The van der Waals surface area contributed by atoms with Crippen molar-refractivity contribution in [2.45, 2.75) is 37.5 Å². The second-order valence-electron chi connectivity index (χ2n) is 5.71. The van der Waals surface area contributed by atoms with Gasteiger partial charge in [-0.25, -0.2) is 22.4 Å². The number of esters is 1. The normalized spacial score (nSPS) is 18.2. The Morgan fingerprint density at radius 3 is 2.27 bits per heavy atom. The molecule has 0 N–H and O–H groups in total. The van der Waals surface area contributed by atoms with Crippen molar-refractivity contribution >= 4 is 5.97 Å². The second-order valence-corrected chi connectivity index (χ2v) is 5.71. The van der Waals surface area contributed by atoms with Gasteiger partial charge in [0.1, 0.15) is 6.10 Å². The quantitative estimate of drug-likeness (QED) is 0.321. The molecule has 26 heavy (non-hydrogen) atoms. The van der Waals surface area contributed by atoms with Crippen molar-refractivity contribution < 1.29 is 49.7 Å². The number of carbonyl (C=O) groups excluding carboxylic acids is 1. The van der Waals surface area contributed by atoms with Crippen LogP contribution in [0.3, 0.4) is 0 Å². The van der Waals surface area contributed by atoms with Gasteiger partial charge < -0.3 is 14.2 Å².